The van der Waals surface area contributed by atoms with Crippen molar-refractivity contribution in [2.24, 2.45) is 0 Å². The molecule has 4 nitrogen and oxygen atoms in total. The first kappa shape index (κ1) is 14.6. The fourth-order valence-corrected chi connectivity index (χ4v) is 3.03. The van der Waals surface area contributed by atoms with Crippen LogP contribution in [0.25, 0.3) is 0 Å². The maximum Gasteiger partial charge on any atom is 0.512 e. The minimum Gasteiger partial charge on any atom is -0.405 e. The van der Waals surface area contributed by atoms with Crippen molar-refractivity contribution < 1.29 is 13.6 Å². The van der Waals surface area contributed by atoms with Crippen molar-refractivity contribution in [2.75, 3.05) is 6.54 Å². The van der Waals surface area contributed by atoms with Gasteiger partial charge in [-0.3, -0.25) is 0 Å². The van der Waals surface area contributed by atoms with Gasteiger partial charge in [0, 0.05) is 6.54 Å². The van der Waals surface area contributed by atoms with Crippen LogP contribution in [0.15, 0.2) is 60.7 Å². The Balaban J connectivity index is 2.15. The molecule has 2 rings (SSSR count). The maximum atomic E-state index is 12.8. The number of nitrogens with one attached hydrogen (secondary N) is 1. The first-order valence-electron chi connectivity index (χ1n) is 6.56. The molecule has 0 radical (unpaired) electrons. The largest absolute Gasteiger partial charge is 0.512 e. The minimum atomic E-state index is -3.43. The average molecular weight is 291 g/mol. The molecule has 0 aromatic heterocycles. The van der Waals surface area contributed by atoms with Gasteiger partial charge in [0.05, 0.1) is 0 Å². The lowest BCUT2D eigenvalue weighted by atomic mass is 10.3. The lowest BCUT2D eigenvalue weighted by Gasteiger charge is -2.20. The Kier molecular flexibility index (Phi) is 5.22. The van der Waals surface area contributed by atoms with Crippen molar-refractivity contribution >= 4 is 7.75 Å². The van der Waals surface area contributed by atoms with Crippen molar-refractivity contribution in [3.8, 4) is 11.5 Å². The van der Waals surface area contributed by atoms with E-state index in [9.17, 15) is 4.57 Å². The Morgan fingerprint density at radius 3 is 1.75 bits per heavy atom. The average Bonchev–Trinajstić information content (AvgIpc) is 2.47. The van der Waals surface area contributed by atoms with Gasteiger partial charge in [-0.05, 0) is 30.7 Å². The van der Waals surface area contributed by atoms with Crippen LogP contribution in [0.4, 0.5) is 0 Å². The highest BCUT2D eigenvalue weighted by molar-refractivity contribution is 7.52. The molecule has 0 saturated heterocycles. The van der Waals surface area contributed by atoms with Gasteiger partial charge in [-0.25, -0.2) is 9.65 Å². The number of hydrogen-bond donors (Lipinski definition) is 1. The summed E-state index contributed by atoms with van der Waals surface area (Å²) in [6, 6.07) is 18.0. The van der Waals surface area contributed by atoms with E-state index in [1.165, 1.54) is 0 Å². The zero-order chi connectivity index (χ0) is 14.3. The minimum absolute atomic E-state index is 0.510. The monoisotopic (exact) mass is 291 g/mol. The summed E-state index contributed by atoms with van der Waals surface area (Å²) >= 11 is 0. The van der Waals surface area contributed by atoms with E-state index in [4.69, 9.17) is 9.05 Å². The van der Waals surface area contributed by atoms with Crippen LogP contribution in [0.2, 0.25) is 0 Å². The zero-order valence-corrected chi connectivity index (χ0v) is 12.3. The third-order valence-electron chi connectivity index (χ3n) is 2.49. The summed E-state index contributed by atoms with van der Waals surface area (Å²) in [5.41, 5.74) is 0. The van der Waals surface area contributed by atoms with E-state index in [0.29, 0.717) is 18.0 Å². The molecule has 0 unspecified atom stereocenters. The molecule has 0 aliphatic carbocycles. The Bertz CT molecular complexity index is 514. The molecule has 5 heteroatoms. The molecule has 2 aromatic rings. The number of hydrogen-bond acceptors (Lipinski definition) is 3. The predicted octanol–water partition coefficient (Wildman–Crippen LogP) is 4.25. The van der Waals surface area contributed by atoms with Crippen molar-refractivity contribution in [1.82, 2.24) is 5.09 Å². The summed E-state index contributed by atoms with van der Waals surface area (Å²) in [4.78, 5) is 0. The van der Waals surface area contributed by atoms with E-state index >= 15 is 0 Å². The zero-order valence-electron chi connectivity index (χ0n) is 11.4. The number of rotatable bonds is 7. The van der Waals surface area contributed by atoms with Gasteiger partial charge in [-0.15, -0.1) is 0 Å². The molecule has 0 saturated carbocycles. The molecule has 0 aliphatic rings. The summed E-state index contributed by atoms with van der Waals surface area (Å²) < 4.78 is 23.8. The molecule has 0 heterocycles. The van der Waals surface area contributed by atoms with E-state index in [1.54, 1.807) is 24.3 Å². The normalized spacial score (nSPS) is 11.1. The predicted molar refractivity (Wildman–Crippen MR) is 80.0 cm³/mol. The van der Waals surface area contributed by atoms with Crippen molar-refractivity contribution in [1.29, 1.82) is 0 Å². The molecule has 0 aliphatic heterocycles. The van der Waals surface area contributed by atoms with E-state index < -0.39 is 7.75 Å². The molecule has 0 fully saturated rings. The first-order valence-corrected chi connectivity index (χ1v) is 8.10. The van der Waals surface area contributed by atoms with Gasteiger partial charge in [-0.1, -0.05) is 43.3 Å². The third-order valence-corrected chi connectivity index (χ3v) is 4.01. The maximum absolute atomic E-state index is 12.8. The van der Waals surface area contributed by atoms with Gasteiger partial charge < -0.3 is 9.05 Å². The van der Waals surface area contributed by atoms with Crippen LogP contribution in [0.5, 0.6) is 11.5 Å². The van der Waals surface area contributed by atoms with Crippen LogP contribution in [-0.2, 0) is 4.57 Å². The van der Waals surface area contributed by atoms with E-state index in [0.717, 1.165) is 6.42 Å². The van der Waals surface area contributed by atoms with Gasteiger partial charge in [0.2, 0.25) is 0 Å². The second-order valence-corrected chi connectivity index (χ2v) is 5.89. The third kappa shape index (κ3) is 4.41. The highest BCUT2D eigenvalue weighted by Gasteiger charge is 2.27. The van der Waals surface area contributed by atoms with Crippen molar-refractivity contribution in [3.63, 3.8) is 0 Å². The second-order valence-electron chi connectivity index (χ2n) is 4.21. The highest BCUT2D eigenvalue weighted by Crippen LogP contribution is 2.44. The molecular formula is C15H18NO3P. The van der Waals surface area contributed by atoms with Crippen molar-refractivity contribution in [2.45, 2.75) is 13.3 Å². The molecule has 106 valence electrons. The lowest BCUT2D eigenvalue weighted by molar-refractivity contribution is 0.371. The first-order chi connectivity index (χ1) is 9.72. The van der Waals surface area contributed by atoms with Crippen LogP contribution in [-0.4, -0.2) is 6.54 Å². The van der Waals surface area contributed by atoms with Crippen LogP contribution < -0.4 is 14.1 Å². The topological polar surface area (TPSA) is 47.6 Å². The Morgan fingerprint density at radius 1 is 0.900 bits per heavy atom. The number of benzene rings is 2. The summed E-state index contributed by atoms with van der Waals surface area (Å²) in [7, 11) is -3.43. The van der Waals surface area contributed by atoms with Crippen LogP contribution >= 0.6 is 7.75 Å². The smallest absolute Gasteiger partial charge is 0.405 e. The van der Waals surface area contributed by atoms with Gasteiger partial charge in [-0.2, -0.15) is 0 Å². The summed E-state index contributed by atoms with van der Waals surface area (Å²) in [6.45, 7) is 2.54. The Morgan fingerprint density at radius 2 is 1.35 bits per heavy atom. The molecule has 2 aromatic carbocycles. The Labute approximate surface area is 119 Å². The SMILES string of the molecule is CCCNP(=O)(Oc1ccccc1)Oc1ccccc1. The second kappa shape index (κ2) is 7.13. The summed E-state index contributed by atoms with van der Waals surface area (Å²) in [5, 5.41) is 2.85. The van der Waals surface area contributed by atoms with Crippen molar-refractivity contribution in [3.05, 3.63) is 60.7 Å². The van der Waals surface area contributed by atoms with Gasteiger partial charge >= 0.3 is 7.75 Å². The lowest BCUT2D eigenvalue weighted by Crippen LogP contribution is -2.19. The standard InChI is InChI=1S/C15H18NO3P/c1-2-13-16-20(17,18-14-9-5-3-6-10-14)19-15-11-7-4-8-12-15/h3-12H,2,13H2,1H3,(H,16,17). The molecular weight excluding hydrogens is 273 g/mol. The fourth-order valence-electron chi connectivity index (χ4n) is 1.57. The molecule has 0 atom stereocenters. The van der Waals surface area contributed by atoms with Gasteiger partial charge in [0.15, 0.2) is 0 Å². The molecule has 0 bridgehead atoms. The summed E-state index contributed by atoms with van der Waals surface area (Å²) in [5.74, 6) is 1.02. The van der Waals surface area contributed by atoms with E-state index in [2.05, 4.69) is 5.09 Å². The number of para-hydroxylation sites is 2. The molecule has 20 heavy (non-hydrogen) atoms. The van der Waals surface area contributed by atoms with E-state index in [-0.39, 0.29) is 0 Å². The molecule has 1 N–H and O–H groups in total. The molecule has 0 spiro atoms. The highest BCUT2D eigenvalue weighted by atomic mass is 31.2. The van der Waals surface area contributed by atoms with Gasteiger partial charge in [0.1, 0.15) is 11.5 Å². The van der Waals surface area contributed by atoms with Gasteiger partial charge in [0.25, 0.3) is 0 Å². The van der Waals surface area contributed by atoms with Crippen LogP contribution in [0, 0.1) is 0 Å². The van der Waals surface area contributed by atoms with E-state index in [1.807, 2.05) is 43.3 Å². The quantitative estimate of drug-likeness (QED) is 0.775. The Hall–Kier alpha value is -1.77. The fraction of sp³-hybridized carbons (Fsp3) is 0.200. The van der Waals surface area contributed by atoms with Crippen LogP contribution in [0.1, 0.15) is 13.3 Å². The van der Waals surface area contributed by atoms with Crippen LogP contribution in [0.3, 0.4) is 0 Å². The summed E-state index contributed by atoms with van der Waals surface area (Å²) in [6.07, 6.45) is 0.834. The molecule has 0 amide bonds.